The van der Waals surface area contributed by atoms with E-state index in [1.54, 1.807) is 4.90 Å². The summed E-state index contributed by atoms with van der Waals surface area (Å²) in [5.41, 5.74) is 4.97. The summed E-state index contributed by atoms with van der Waals surface area (Å²) < 4.78 is 27.1. The predicted octanol–water partition coefficient (Wildman–Crippen LogP) is 3.47. The van der Waals surface area contributed by atoms with Gasteiger partial charge >= 0.3 is 0 Å². The lowest BCUT2D eigenvalue weighted by molar-refractivity contribution is -0.118. The third-order valence-electron chi connectivity index (χ3n) is 7.67. The van der Waals surface area contributed by atoms with Gasteiger partial charge in [0.2, 0.25) is 15.9 Å². The Bertz CT molecular complexity index is 1130. The Hall–Kier alpha value is -2.22. The van der Waals surface area contributed by atoms with E-state index in [0.29, 0.717) is 31.3 Å². The summed E-state index contributed by atoms with van der Waals surface area (Å²) in [6, 6.07) is 17.0. The molecule has 5 rings (SSSR count). The quantitative estimate of drug-likeness (QED) is 0.627. The monoisotopic (exact) mass is 481 g/mol. The van der Waals surface area contributed by atoms with Crippen LogP contribution in [0.4, 0.5) is 5.69 Å². The van der Waals surface area contributed by atoms with Crippen molar-refractivity contribution in [2.24, 2.45) is 0 Å². The van der Waals surface area contributed by atoms with Crippen molar-refractivity contribution >= 4 is 21.6 Å². The molecule has 3 atom stereocenters. The third-order valence-corrected chi connectivity index (χ3v) is 9.26. The smallest absolute Gasteiger partial charge is 0.245 e. The minimum absolute atomic E-state index is 0.0503. The second-order valence-electron chi connectivity index (χ2n) is 9.94. The van der Waals surface area contributed by atoms with E-state index in [1.807, 2.05) is 13.0 Å². The highest BCUT2D eigenvalue weighted by Gasteiger charge is 2.38. The fourth-order valence-corrected chi connectivity index (χ4v) is 7.16. The first-order chi connectivity index (χ1) is 16.4. The first kappa shape index (κ1) is 23.5. The lowest BCUT2D eigenvalue weighted by Gasteiger charge is -2.45. The molecule has 2 aromatic carbocycles. The number of hydrogen-bond donors (Lipinski definition) is 1. The molecular formula is C27H35N3O3S. The van der Waals surface area contributed by atoms with E-state index < -0.39 is 16.1 Å². The molecule has 34 heavy (non-hydrogen) atoms. The molecule has 1 aliphatic carbocycles. The minimum atomic E-state index is -3.43. The molecule has 6 nitrogen and oxygen atoms in total. The molecule has 2 aromatic rings. The highest BCUT2D eigenvalue weighted by Crippen LogP contribution is 2.40. The van der Waals surface area contributed by atoms with E-state index in [0.717, 1.165) is 18.5 Å². The highest BCUT2D eigenvalue weighted by molar-refractivity contribution is 7.89. The molecule has 2 heterocycles. The molecule has 7 heteroatoms. The molecule has 1 unspecified atom stereocenters. The number of nitrogens with zero attached hydrogens (tertiary/aromatic N) is 2. The average molecular weight is 482 g/mol. The number of anilines is 1. The largest absolute Gasteiger partial charge is 0.311 e. The lowest BCUT2D eigenvalue weighted by atomic mass is 9.74. The van der Waals surface area contributed by atoms with Crippen molar-refractivity contribution < 1.29 is 13.2 Å². The van der Waals surface area contributed by atoms with Crippen LogP contribution >= 0.6 is 0 Å². The van der Waals surface area contributed by atoms with Gasteiger partial charge in [0.15, 0.2) is 0 Å². The van der Waals surface area contributed by atoms with Crippen LogP contribution < -0.4 is 9.62 Å². The molecule has 182 valence electrons. The van der Waals surface area contributed by atoms with Gasteiger partial charge in [-0.05, 0) is 80.4 Å². The summed E-state index contributed by atoms with van der Waals surface area (Å²) in [4.78, 5) is 17.5. The van der Waals surface area contributed by atoms with Crippen molar-refractivity contribution in [1.82, 2.24) is 9.62 Å². The van der Waals surface area contributed by atoms with Gasteiger partial charge in [-0.1, -0.05) is 43.3 Å². The first-order valence-corrected chi connectivity index (χ1v) is 14.3. The van der Waals surface area contributed by atoms with E-state index in [9.17, 15) is 13.2 Å². The highest BCUT2D eigenvalue weighted by atomic mass is 32.2. The SMILES string of the molecule is CCCS(=O)(=O)NC1CCN(c2ccc3c(c2)[C@@H](Cc2ccccc2)[C@@H](N2CCC2)CC3)C1=O. The maximum absolute atomic E-state index is 13.1. The Morgan fingerprint density at radius 3 is 2.53 bits per heavy atom. The molecule has 0 bridgehead atoms. The molecule has 2 aliphatic heterocycles. The normalized spacial score (nSPS) is 25.3. The van der Waals surface area contributed by atoms with E-state index in [1.165, 1.54) is 42.6 Å². The fourth-order valence-electron chi connectivity index (χ4n) is 5.85. The second-order valence-corrected chi connectivity index (χ2v) is 11.8. The molecule has 0 saturated carbocycles. The number of sulfonamides is 1. The zero-order valence-corrected chi connectivity index (χ0v) is 20.8. The van der Waals surface area contributed by atoms with E-state index in [2.05, 4.69) is 52.1 Å². The minimum Gasteiger partial charge on any atom is -0.311 e. The predicted molar refractivity (Wildman–Crippen MR) is 136 cm³/mol. The number of carbonyl (C=O) groups is 1. The molecule has 0 aromatic heterocycles. The molecule has 1 amide bonds. The number of aryl methyl sites for hydroxylation is 1. The number of nitrogens with one attached hydrogen (secondary N) is 1. The summed E-state index contributed by atoms with van der Waals surface area (Å²) in [6.07, 6.45) is 5.54. The van der Waals surface area contributed by atoms with Gasteiger partial charge in [-0.3, -0.25) is 9.69 Å². The van der Waals surface area contributed by atoms with Gasteiger partial charge in [0.1, 0.15) is 6.04 Å². The molecule has 2 fully saturated rings. The van der Waals surface area contributed by atoms with Crippen molar-refractivity contribution in [3.63, 3.8) is 0 Å². The Balaban J connectivity index is 1.41. The van der Waals surface area contributed by atoms with Crippen LogP contribution in [0.2, 0.25) is 0 Å². The van der Waals surface area contributed by atoms with Gasteiger partial charge in [0.05, 0.1) is 5.75 Å². The van der Waals surface area contributed by atoms with Crippen molar-refractivity contribution in [3.8, 4) is 0 Å². The molecule has 2 saturated heterocycles. The Morgan fingerprint density at radius 2 is 1.82 bits per heavy atom. The van der Waals surface area contributed by atoms with Crippen LogP contribution in [0.15, 0.2) is 48.5 Å². The Kier molecular flexibility index (Phi) is 6.78. The number of likely N-dealkylation sites (tertiary alicyclic amines) is 1. The van der Waals surface area contributed by atoms with Gasteiger partial charge < -0.3 is 4.90 Å². The molecule has 0 radical (unpaired) electrons. The van der Waals surface area contributed by atoms with Crippen LogP contribution in [0.25, 0.3) is 0 Å². The Labute approximate surface area is 203 Å². The van der Waals surface area contributed by atoms with Gasteiger partial charge in [-0.15, -0.1) is 0 Å². The molecule has 3 aliphatic rings. The molecular weight excluding hydrogens is 446 g/mol. The van der Waals surface area contributed by atoms with E-state index in [4.69, 9.17) is 0 Å². The zero-order valence-electron chi connectivity index (χ0n) is 19.9. The van der Waals surface area contributed by atoms with Crippen LogP contribution in [0.3, 0.4) is 0 Å². The number of rotatable bonds is 8. The number of carbonyl (C=O) groups excluding carboxylic acids is 1. The molecule has 1 N–H and O–H groups in total. The Morgan fingerprint density at radius 1 is 1.03 bits per heavy atom. The summed E-state index contributed by atoms with van der Waals surface area (Å²) in [7, 11) is -3.43. The van der Waals surface area contributed by atoms with Gasteiger partial charge in [0, 0.05) is 24.2 Å². The topological polar surface area (TPSA) is 69.7 Å². The number of benzene rings is 2. The van der Waals surface area contributed by atoms with Crippen LogP contribution in [-0.2, 0) is 27.7 Å². The average Bonchev–Trinajstić information content (AvgIpc) is 3.13. The summed E-state index contributed by atoms with van der Waals surface area (Å²) in [5, 5.41) is 0. The summed E-state index contributed by atoms with van der Waals surface area (Å²) in [6.45, 7) is 4.72. The van der Waals surface area contributed by atoms with Crippen LogP contribution in [-0.4, -0.2) is 56.7 Å². The standard InChI is InChI=1S/C27H35N3O3S/c1-2-17-34(32,33)28-25-13-16-30(27(25)31)22-11-9-21-10-12-26(29-14-6-15-29)24(23(21)19-22)18-20-7-4-3-5-8-20/h3-5,7-9,11,19,24-26,28H,2,6,10,12-18H2,1H3/t24-,25?,26+/m1/s1. The fraction of sp³-hybridized carbons (Fsp3) is 0.519. The lowest BCUT2D eigenvalue weighted by Crippen LogP contribution is -2.50. The number of amides is 1. The van der Waals surface area contributed by atoms with Crippen molar-refractivity contribution in [2.75, 3.05) is 30.3 Å². The molecule has 0 spiro atoms. The van der Waals surface area contributed by atoms with Crippen molar-refractivity contribution in [3.05, 3.63) is 65.2 Å². The zero-order chi connectivity index (χ0) is 23.7. The first-order valence-electron chi connectivity index (χ1n) is 12.7. The van der Waals surface area contributed by atoms with Gasteiger partial charge in [-0.25, -0.2) is 13.1 Å². The maximum atomic E-state index is 13.1. The van der Waals surface area contributed by atoms with Crippen molar-refractivity contribution in [2.45, 2.75) is 63.5 Å². The van der Waals surface area contributed by atoms with Crippen LogP contribution in [0, 0.1) is 0 Å². The van der Waals surface area contributed by atoms with E-state index in [-0.39, 0.29) is 11.7 Å². The second kappa shape index (κ2) is 9.80. The van der Waals surface area contributed by atoms with Gasteiger partial charge in [-0.2, -0.15) is 0 Å². The number of fused-ring (bicyclic) bond motifs is 1. The maximum Gasteiger partial charge on any atom is 0.245 e. The van der Waals surface area contributed by atoms with Crippen molar-refractivity contribution in [1.29, 1.82) is 0 Å². The van der Waals surface area contributed by atoms with Crippen LogP contribution in [0.5, 0.6) is 0 Å². The van der Waals surface area contributed by atoms with Gasteiger partial charge in [0.25, 0.3) is 0 Å². The third kappa shape index (κ3) is 4.79. The number of hydrogen-bond acceptors (Lipinski definition) is 4. The van der Waals surface area contributed by atoms with Crippen LogP contribution in [0.1, 0.15) is 55.2 Å². The summed E-state index contributed by atoms with van der Waals surface area (Å²) >= 11 is 0. The summed E-state index contributed by atoms with van der Waals surface area (Å²) in [5.74, 6) is 0.298. The van der Waals surface area contributed by atoms with E-state index >= 15 is 0 Å².